The molecule has 0 radical (unpaired) electrons. The van der Waals surface area contributed by atoms with Gasteiger partial charge in [0, 0.05) is 19.3 Å². The van der Waals surface area contributed by atoms with Crippen molar-refractivity contribution in [3.63, 3.8) is 0 Å². The average molecular weight is 322 g/mol. The molecule has 0 aliphatic rings. The Morgan fingerprint density at radius 2 is 2.00 bits per heavy atom. The van der Waals surface area contributed by atoms with Crippen LogP contribution in [0, 0.1) is 11.3 Å². The molecule has 122 valence electrons. The summed E-state index contributed by atoms with van der Waals surface area (Å²) >= 11 is 0. The summed E-state index contributed by atoms with van der Waals surface area (Å²) in [7, 11) is 1.92. The molecule has 0 bridgehead atoms. The Kier molecular flexibility index (Phi) is 5.92. The number of benzene rings is 2. The van der Waals surface area contributed by atoms with Gasteiger partial charge in [-0.3, -0.25) is 4.79 Å². The number of aromatic hydroxyl groups is 1. The number of phenolic OH excluding ortho intramolecular Hbond substituents is 1. The molecule has 0 saturated heterocycles. The highest BCUT2D eigenvalue weighted by Crippen LogP contribution is 2.15. The van der Waals surface area contributed by atoms with E-state index in [1.165, 1.54) is 18.3 Å². The van der Waals surface area contributed by atoms with E-state index in [0.29, 0.717) is 13.0 Å². The highest BCUT2D eigenvalue weighted by molar-refractivity contribution is 5.97. The van der Waals surface area contributed by atoms with Crippen LogP contribution < -0.4 is 10.3 Å². The molecule has 2 aromatic rings. The van der Waals surface area contributed by atoms with Crippen molar-refractivity contribution < 1.29 is 9.90 Å². The predicted octanol–water partition coefficient (Wildman–Crippen LogP) is 2.51. The van der Waals surface area contributed by atoms with E-state index in [1.807, 2.05) is 36.2 Å². The molecular formula is C18H18N4O2. The maximum absolute atomic E-state index is 11.9. The third-order valence-electron chi connectivity index (χ3n) is 3.42. The van der Waals surface area contributed by atoms with Crippen LogP contribution in [0.25, 0.3) is 0 Å². The number of nitriles is 1. The van der Waals surface area contributed by atoms with Crippen molar-refractivity contribution in [1.29, 1.82) is 5.26 Å². The number of para-hydroxylation sites is 1. The van der Waals surface area contributed by atoms with Crippen molar-refractivity contribution in [2.24, 2.45) is 5.10 Å². The van der Waals surface area contributed by atoms with E-state index in [1.54, 1.807) is 12.1 Å². The number of nitrogens with one attached hydrogen (secondary N) is 1. The lowest BCUT2D eigenvalue weighted by Gasteiger charge is -2.17. The number of phenols is 1. The molecule has 6 nitrogen and oxygen atoms in total. The number of amides is 1. The minimum atomic E-state index is -0.475. The van der Waals surface area contributed by atoms with Gasteiger partial charge in [0.2, 0.25) is 0 Å². The van der Waals surface area contributed by atoms with Crippen molar-refractivity contribution in [3.8, 4) is 11.8 Å². The third kappa shape index (κ3) is 4.58. The van der Waals surface area contributed by atoms with Gasteiger partial charge in [-0.05, 0) is 29.8 Å². The van der Waals surface area contributed by atoms with Crippen molar-refractivity contribution in [1.82, 2.24) is 5.43 Å². The predicted molar refractivity (Wildman–Crippen MR) is 93.1 cm³/mol. The number of carbonyl (C=O) groups is 1. The Bertz CT molecular complexity index is 763. The Labute approximate surface area is 140 Å². The van der Waals surface area contributed by atoms with Crippen LogP contribution in [0.4, 0.5) is 5.69 Å². The quantitative estimate of drug-likeness (QED) is 0.632. The summed E-state index contributed by atoms with van der Waals surface area (Å²) in [5, 5.41) is 22.1. The second-order valence-corrected chi connectivity index (χ2v) is 5.14. The number of carbonyl (C=O) groups excluding carboxylic acids is 1. The molecule has 6 heteroatoms. The van der Waals surface area contributed by atoms with Crippen LogP contribution in [0.5, 0.6) is 5.75 Å². The van der Waals surface area contributed by atoms with Crippen LogP contribution in [0.15, 0.2) is 53.6 Å². The van der Waals surface area contributed by atoms with E-state index in [-0.39, 0.29) is 11.3 Å². The Hall–Kier alpha value is -3.33. The number of hydrazone groups is 1. The van der Waals surface area contributed by atoms with E-state index >= 15 is 0 Å². The molecule has 0 atom stereocenters. The molecule has 1 amide bonds. The first-order valence-electron chi connectivity index (χ1n) is 7.41. The highest BCUT2D eigenvalue weighted by atomic mass is 16.3. The zero-order valence-corrected chi connectivity index (χ0v) is 13.3. The monoisotopic (exact) mass is 322 g/mol. The van der Waals surface area contributed by atoms with E-state index in [2.05, 4.69) is 16.6 Å². The fraction of sp³-hybridized carbons (Fsp3) is 0.167. The molecule has 0 unspecified atom stereocenters. The van der Waals surface area contributed by atoms with Gasteiger partial charge in [-0.15, -0.1) is 0 Å². The van der Waals surface area contributed by atoms with Gasteiger partial charge in [0.15, 0.2) is 0 Å². The Balaban J connectivity index is 1.94. The first-order valence-corrected chi connectivity index (χ1v) is 7.41. The van der Waals surface area contributed by atoms with Crippen molar-refractivity contribution in [2.75, 3.05) is 18.5 Å². The standard InChI is InChI=1S/C18H18N4O2/c1-22(12-4-11-19)15-9-7-14(8-10-15)13-20-21-18(24)16-5-2-3-6-17(16)23/h2-3,5-10,13,23H,4,12H2,1H3,(H,21,24)/b20-13+. The zero-order chi connectivity index (χ0) is 17.4. The van der Waals surface area contributed by atoms with Crippen LogP contribution in [0.2, 0.25) is 0 Å². The topological polar surface area (TPSA) is 88.7 Å². The lowest BCUT2D eigenvalue weighted by molar-refractivity contribution is 0.0952. The summed E-state index contributed by atoms with van der Waals surface area (Å²) in [6.45, 7) is 0.667. The van der Waals surface area contributed by atoms with Crippen molar-refractivity contribution >= 4 is 17.8 Å². The van der Waals surface area contributed by atoms with Crippen molar-refractivity contribution in [2.45, 2.75) is 6.42 Å². The molecule has 0 aliphatic carbocycles. The molecular weight excluding hydrogens is 304 g/mol. The Morgan fingerprint density at radius 1 is 1.29 bits per heavy atom. The molecule has 2 aromatic carbocycles. The number of hydrogen-bond acceptors (Lipinski definition) is 5. The number of anilines is 1. The smallest absolute Gasteiger partial charge is 0.275 e. The van der Waals surface area contributed by atoms with Crippen molar-refractivity contribution in [3.05, 3.63) is 59.7 Å². The molecule has 0 spiro atoms. The van der Waals surface area contributed by atoms with Gasteiger partial charge in [-0.1, -0.05) is 24.3 Å². The minimum absolute atomic E-state index is 0.0880. The molecule has 0 fully saturated rings. The first-order chi connectivity index (χ1) is 11.6. The van der Waals surface area contributed by atoms with Crippen LogP contribution in [-0.4, -0.2) is 30.8 Å². The third-order valence-corrected chi connectivity index (χ3v) is 3.42. The van der Waals surface area contributed by atoms with Crippen LogP contribution >= 0.6 is 0 Å². The van der Waals surface area contributed by atoms with Gasteiger partial charge in [-0.2, -0.15) is 10.4 Å². The SMILES string of the molecule is CN(CCC#N)c1ccc(/C=N/NC(=O)c2ccccc2O)cc1. The molecule has 0 aromatic heterocycles. The average Bonchev–Trinajstić information content (AvgIpc) is 2.60. The summed E-state index contributed by atoms with van der Waals surface area (Å²) in [4.78, 5) is 13.9. The summed E-state index contributed by atoms with van der Waals surface area (Å²) in [5.41, 5.74) is 4.37. The first kappa shape index (κ1) is 17.0. The number of hydrogen-bond donors (Lipinski definition) is 2. The van der Waals surface area contributed by atoms with E-state index in [0.717, 1.165) is 11.3 Å². The normalized spacial score (nSPS) is 10.3. The van der Waals surface area contributed by atoms with Gasteiger partial charge in [0.1, 0.15) is 5.75 Å². The summed E-state index contributed by atoms with van der Waals surface area (Å²) in [6.07, 6.45) is 2.00. The number of nitrogens with zero attached hydrogens (tertiary/aromatic N) is 3. The van der Waals surface area contributed by atoms with Crippen LogP contribution in [0.3, 0.4) is 0 Å². The van der Waals surface area contributed by atoms with E-state index in [9.17, 15) is 9.90 Å². The zero-order valence-electron chi connectivity index (χ0n) is 13.3. The van der Waals surface area contributed by atoms with E-state index < -0.39 is 5.91 Å². The van der Waals surface area contributed by atoms with Gasteiger partial charge in [0.25, 0.3) is 5.91 Å². The van der Waals surface area contributed by atoms with Gasteiger partial charge < -0.3 is 10.0 Å². The molecule has 0 heterocycles. The van der Waals surface area contributed by atoms with Gasteiger partial charge >= 0.3 is 0 Å². The molecule has 0 saturated carbocycles. The van der Waals surface area contributed by atoms with Crippen LogP contribution in [-0.2, 0) is 0 Å². The second kappa shape index (κ2) is 8.34. The largest absolute Gasteiger partial charge is 0.507 e. The van der Waals surface area contributed by atoms with Crippen LogP contribution in [0.1, 0.15) is 22.3 Å². The summed E-state index contributed by atoms with van der Waals surface area (Å²) in [5.74, 6) is -0.563. The fourth-order valence-corrected chi connectivity index (χ4v) is 2.05. The second-order valence-electron chi connectivity index (χ2n) is 5.14. The molecule has 0 aliphatic heterocycles. The lowest BCUT2D eigenvalue weighted by Crippen LogP contribution is -2.18. The molecule has 24 heavy (non-hydrogen) atoms. The lowest BCUT2D eigenvalue weighted by atomic mass is 10.2. The minimum Gasteiger partial charge on any atom is -0.507 e. The highest BCUT2D eigenvalue weighted by Gasteiger charge is 2.08. The fourth-order valence-electron chi connectivity index (χ4n) is 2.05. The molecule has 2 rings (SSSR count). The maximum atomic E-state index is 11.9. The van der Waals surface area contributed by atoms with Gasteiger partial charge in [0.05, 0.1) is 24.3 Å². The van der Waals surface area contributed by atoms with Gasteiger partial charge in [-0.25, -0.2) is 5.43 Å². The number of rotatable bonds is 6. The Morgan fingerprint density at radius 3 is 2.67 bits per heavy atom. The van der Waals surface area contributed by atoms with E-state index in [4.69, 9.17) is 5.26 Å². The summed E-state index contributed by atoms with van der Waals surface area (Å²) < 4.78 is 0. The molecule has 2 N–H and O–H groups in total. The summed E-state index contributed by atoms with van der Waals surface area (Å²) in [6, 6.07) is 16.0. The maximum Gasteiger partial charge on any atom is 0.275 e.